The minimum atomic E-state index is -0.0106. The van der Waals surface area contributed by atoms with Crippen molar-refractivity contribution in [2.45, 2.75) is 31.6 Å². The highest BCUT2D eigenvalue weighted by Gasteiger charge is 2.46. The van der Waals surface area contributed by atoms with Gasteiger partial charge in [0.25, 0.3) is 0 Å². The Morgan fingerprint density at radius 3 is 2.68 bits per heavy atom. The van der Waals surface area contributed by atoms with E-state index in [1.54, 1.807) is 0 Å². The summed E-state index contributed by atoms with van der Waals surface area (Å²) < 4.78 is 5.14. The molecule has 2 aliphatic carbocycles. The topological polar surface area (TPSA) is 26.3 Å². The average Bonchev–Trinajstić information content (AvgIpc) is 2.95. The van der Waals surface area contributed by atoms with Crippen LogP contribution in [0.3, 0.4) is 0 Å². The summed E-state index contributed by atoms with van der Waals surface area (Å²) in [5.74, 6) is 1.67. The minimum Gasteiger partial charge on any atom is -0.469 e. The molecule has 2 heteroatoms. The first kappa shape index (κ1) is 13.8. The summed E-state index contributed by atoms with van der Waals surface area (Å²) in [6.07, 6.45) is 4.81. The Morgan fingerprint density at radius 1 is 1.05 bits per heavy atom. The van der Waals surface area contributed by atoms with E-state index in [-0.39, 0.29) is 11.9 Å². The third kappa shape index (κ3) is 2.22. The highest BCUT2D eigenvalue weighted by molar-refractivity contribution is 5.83. The number of hydrogen-bond donors (Lipinski definition) is 0. The molecule has 4 atom stereocenters. The van der Waals surface area contributed by atoms with E-state index < -0.39 is 0 Å². The Hall–Kier alpha value is -1.83. The predicted molar refractivity (Wildman–Crippen MR) is 87.6 cm³/mol. The molecule has 2 fully saturated rings. The van der Waals surface area contributed by atoms with E-state index in [0.29, 0.717) is 11.8 Å². The van der Waals surface area contributed by atoms with Crippen LogP contribution in [0.1, 0.15) is 37.2 Å². The number of carbonyl (C=O) groups excluding carboxylic acids is 1. The van der Waals surface area contributed by atoms with Gasteiger partial charge in [-0.2, -0.15) is 0 Å². The van der Waals surface area contributed by atoms with Crippen LogP contribution in [0.25, 0.3) is 10.8 Å². The van der Waals surface area contributed by atoms with Gasteiger partial charge in [0.05, 0.1) is 13.0 Å². The molecule has 2 saturated carbocycles. The fraction of sp³-hybridized carbons (Fsp3) is 0.450. The van der Waals surface area contributed by atoms with Crippen LogP contribution >= 0.6 is 0 Å². The third-order valence-corrected chi connectivity index (χ3v) is 5.79. The molecule has 4 rings (SSSR count). The molecule has 2 bridgehead atoms. The smallest absolute Gasteiger partial charge is 0.309 e. The molecule has 22 heavy (non-hydrogen) atoms. The molecule has 0 N–H and O–H groups in total. The van der Waals surface area contributed by atoms with Crippen LogP contribution in [0.4, 0.5) is 0 Å². The number of carbonyl (C=O) groups is 1. The maximum Gasteiger partial charge on any atom is 0.309 e. The molecule has 0 aliphatic heterocycles. The summed E-state index contributed by atoms with van der Waals surface area (Å²) >= 11 is 0. The van der Waals surface area contributed by atoms with Crippen LogP contribution in [0, 0.1) is 17.8 Å². The first-order valence-corrected chi connectivity index (χ1v) is 8.33. The van der Waals surface area contributed by atoms with Crippen LogP contribution in [-0.4, -0.2) is 13.1 Å². The zero-order valence-electron chi connectivity index (χ0n) is 13.0. The van der Waals surface area contributed by atoms with Gasteiger partial charge in [0.1, 0.15) is 0 Å². The summed E-state index contributed by atoms with van der Waals surface area (Å²) in [5, 5.41) is 2.53. The van der Waals surface area contributed by atoms with Gasteiger partial charge in [0, 0.05) is 0 Å². The number of fused-ring (bicyclic) bond motifs is 3. The molecule has 2 nitrogen and oxygen atoms in total. The maximum atomic E-state index is 12.4. The lowest BCUT2D eigenvalue weighted by atomic mass is 9.69. The van der Waals surface area contributed by atoms with Crippen molar-refractivity contribution in [1.82, 2.24) is 0 Å². The molecule has 2 aromatic rings. The van der Waals surface area contributed by atoms with Crippen LogP contribution in [0.2, 0.25) is 0 Å². The van der Waals surface area contributed by atoms with Gasteiger partial charge in [-0.05, 0) is 53.4 Å². The average molecular weight is 294 g/mol. The Morgan fingerprint density at radius 2 is 1.86 bits per heavy atom. The molecule has 0 heterocycles. The fourth-order valence-corrected chi connectivity index (χ4v) is 4.76. The van der Waals surface area contributed by atoms with Gasteiger partial charge in [-0.25, -0.2) is 0 Å². The van der Waals surface area contributed by atoms with Crippen LogP contribution in [-0.2, 0) is 9.53 Å². The zero-order valence-corrected chi connectivity index (χ0v) is 13.0. The van der Waals surface area contributed by atoms with Crippen molar-refractivity contribution in [3.63, 3.8) is 0 Å². The van der Waals surface area contributed by atoms with Gasteiger partial charge in [-0.1, -0.05) is 48.9 Å². The Kier molecular flexibility index (Phi) is 3.40. The molecule has 0 aromatic heterocycles. The maximum absolute atomic E-state index is 12.4. The summed E-state index contributed by atoms with van der Waals surface area (Å²) in [4.78, 5) is 12.4. The second kappa shape index (κ2) is 5.42. The Labute approximate surface area is 131 Å². The molecule has 0 unspecified atom stereocenters. The third-order valence-electron chi connectivity index (χ3n) is 5.79. The summed E-state index contributed by atoms with van der Waals surface area (Å²) in [6, 6.07) is 15.1. The van der Waals surface area contributed by atoms with Gasteiger partial charge in [0.2, 0.25) is 0 Å². The lowest BCUT2D eigenvalue weighted by molar-refractivity contribution is -0.149. The van der Waals surface area contributed by atoms with Gasteiger partial charge in [-0.15, -0.1) is 0 Å². The molecule has 0 amide bonds. The Balaban J connectivity index is 1.75. The number of ether oxygens (including phenoxy) is 1. The lowest BCUT2D eigenvalue weighted by Gasteiger charge is -2.35. The van der Waals surface area contributed by atoms with E-state index in [9.17, 15) is 4.79 Å². The van der Waals surface area contributed by atoms with Crippen molar-refractivity contribution in [1.29, 1.82) is 0 Å². The second-order valence-corrected chi connectivity index (χ2v) is 6.94. The summed E-state index contributed by atoms with van der Waals surface area (Å²) in [6.45, 7) is 0. The largest absolute Gasteiger partial charge is 0.469 e. The zero-order chi connectivity index (χ0) is 15.1. The van der Waals surface area contributed by atoms with Crippen molar-refractivity contribution in [2.24, 2.45) is 17.8 Å². The normalized spacial score (nSPS) is 30.4. The minimum absolute atomic E-state index is 0.0106. The molecule has 0 saturated heterocycles. The van der Waals surface area contributed by atoms with E-state index in [0.717, 1.165) is 12.3 Å². The molecule has 0 spiro atoms. The number of benzene rings is 2. The molecular formula is C20H22O2. The van der Waals surface area contributed by atoms with Crippen molar-refractivity contribution in [3.05, 3.63) is 48.0 Å². The van der Waals surface area contributed by atoms with Crippen LogP contribution in [0.15, 0.2) is 42.5 Å². The number of methoxy groups -OCH3 is 1. The first-order chi connectivity index (χ1) is 10.8. The number of rotatable bonds is 2. The molecule has 114 valence electrons. The summed E-state index contributed by atoms with van der Waals surface area (Å²) in [5.41, 5.74) is 1.31. The van der Waals surface area contributed by atoms with Crippen molar-refractivity contribution >= 4 is 16.7 Å². The van der Waals surface area contributed by atoms with E-state index in [4.69, 9.17) is 4.74 Å². The van der Waals surface area contributed by atoms with Gasteiger partial charge in [-0.3, -0.25) is 4.79 Å². The first-order valence-electron chi connectivity index (χ1n) is 8.33. The second-order valence-electron chi connectivity index (χ2n) is 6.94. The standard InChI is InChI=1S/C20H22O2/c1-22-20(21)19-17-7-6-13(10-17)11-18(19)16-9-8-14-4-2-3-5-15(14)12-16/h2-5,8-9,12-13,17-19H,6-7,10-11H2,1H3/t13-,17+,18-,19-/m1/s1. The van der Waals surface area contributed by atoms with Crippen molar-refractivity contribution < 1.29 is 9.53 Å². The lowest BCUT2D eigenvalue weighted by Crippen LogP contribution is -2.33. The highest BCUT2D eigenvalue weighted by Crippen LogP contribution is 2.52. The van der Waals surface area contributed by atoms with E-state index >= 15 is 0 Å². The van der Waals surface area contributed by atoms with Gasteiger partial charge < -0.3 is 4.74 Å². The number of esters is 1. The SMILES string of the molecule is COC(=O)[C@@H]1[C@H]2CC[C@H](C2)C[C@@H]1c1ccc2ccccc2c1. The quantitative estimate of drug-likeness (QED) is 0.760. The Bertz CT molecular complexity index is 706. The monoisotopic (exact) mass is 294 g/mol. The van der Waals surface area contributed by atoms with Crippen LogP contribution < -0.4 is 0 Å². The predicted octanol–water partition coefficient (Wildman–Crippen LogP) is 4.53. The van der Waals surface area contributed by atoms with E-state index in [1.807, 2.05) is 0 Å². The van der Waals surface area contributed by atoms with Gasteiger partial charge >= 0.3 is 5.97 Å². The fourth-order valence-electron chi connectivity index (χ4n) is 4.76. The summed E-state index contributed by atoms with van der Waals surface area (Å²) in [7, 11) is 1.53. The molecular weight excluding hydrogens is 272 g/mol. The molecule has 0 radical (unpaired) electrons. The van der Waals surface area contributed by atoms with E-state index in [2.05, 4.69) is 42.5 Å². The van der Waals surface area contributed by atoms with E-state index in [1.165, 1.54) is 42.7 Å². The van der Waals surface area contributed by atoms with Crippen molar-refractivity contribution in [2.75, 3.05) is 7.11 Å². The van der Waals surface area contributed by atoms with Crippen molar-refractivity contribution in [3.8, 4) is 0 Å². The van der Waals surface area contributed by atoms with Crippen LogP contribution in [0.5, 0.6) is 0 Å². The van der Waals surface area contributed by atoms with Gasteiger partial charge in [0.15, 0.2) is 0 Å². The molecule has 2 aliphatic rings. The number of hydrogen-bond acceptors (Lipinski definition) is 2. The highest BCUT2D eigenvalue weighted by atomic mass is 16.5. The molecule has 2 aromatic carbocycles.